The van der Waals surface area contributed by atoms with Gasteiger partial charge in [-0.3, -0.25) is 4.79 Å². The van der Waals surface area contributed by atoms with E-state index in [-0.39, 0.29) is 18.4 Å². The van der Waals surface area contributed by atoms with Crippen molar-refractivity contribution in [2.45, 2.75) is 52.1 Å². The number of esters is 1. The van der Waals surface area contributed by atoms with Gasteiger partial charge in [0.1, 0.15) is 5.75 Å². The van der Waals surface area contributed by atoms with Gasteiger partial charge in [0, 0.05) is 5.69 Å². The Labute approximate surface area is 166 Å². The van der Waals surface area contributed by atoms with Crippen LogP contribution in [0.3, 0.4) is 0 Å². The summed E-state index contributed by atoms with van der Waals surface area (Å²) < 4.78 is 10.8. The molecular formula is C23H27NO4. The zero-order valence-corrected chi connectivity index (χ0v) is 16.7. The van der Waals surface area contributed by atoms with Gasteiger partial charge < -0.3 is 14.8 Å². The van der Waals surface area contributed by atoms with E-state index in [1.54, 1.807) is 6.92 Å². The van der Waals surface area contributed by atoms with Crippen molar-refractivity contribution in [1.82, 2.24) is 0 Å². The Kier molecular flexibility index (Phi) is 6.34. The number of hydrogen-bond acceptors (Lipinski definition) is 4. The number of carbonyl (C=O) groups is 2. The van der Waals surface area contributed by atoms with Crippen LogP contribution < -0.4 is 10.1 Å². The molecule has 0 heterocycles. The first-order valence-electron chi connectivity index (χ1n) is 9.78. The normalized spacial score (nSPS) is 13.7. The Hall–Kier alpha value is -2.82. The molecule has 0 unspecified atom stereocenters. The highest BCUT2D eigenvalue weighted by Crippen LogP contribution is 2.26. The number of ether oxygens (including phenoxy) is 2. The van der Waals surface area contributed by atoms with Gasteiger partial charge in [-0.15, -0.1) is 0 Å². The smallest absolute Gasteiger partial charge is 0.344 e. The lowest BCUT2D eigenvalue weighted by Gasteiger charge is -2.17. The third kappa shape index (κ3) is 4.91. The molecule has 3 rings (SSSR count). The highest BCUT2D eigenvalue weighted by molar-refractivity contribution is 5.95. The van der Waals surface area contributed by atoms with Gasteiger partial charge in [0.25, 0.3) is 5.91 Å². The maximum absolute atomic E-state index is 12.4. The molecule has 1 atom stereocenters. The number of fused-ring (bicyclic) bond motifs is 1. The lowest BCUT2D eigenvalue weighted by atomic mass is 10.0. The maximum atomic E-state index is 12.4. The molecule has 28 heavy (non-hydrogen) atoms. The van der Waals surface area contributed by atoms with Crippen LogP contribution >= 0.6 is 0 Å². The molecule has 5 heteroatoms. The largest absolute Gasteiger partial charge is 0.482 e. The number of carbonyl (C=O) groups excluding carboxylic acids is 2. The number of amides is 1. The van der Waals surface area contributed by atoms with Crippen LogP contribution in [0.15, 0.2) is 42.5 Å². The number of anilines is 1. The Morgan fingerprint density at radius 2 is 1.79 bits per heavy atom. The van der Waals surface area contributed by atoms with Crippen LogP contribution in [0.5, 0.6) is 5.75 Å². The number of aryl methyl sites for hydroxylation is 2. The Balaban J connectivity index is 1.50. The standard InChI is InChI=1S/C23H27NO4/c1-15(2)20-9-4-5-10-21(20)24-23(26)16(3)28-22(25)14-27-19-12-11-17-7-6-8-18(17)13-19/h4-5,9-13,15-16H,6-8,14H2,1-3H3,(H,24,26)/t16-/m1/s1. The lowest BCUT2D eigenvalue weighted by molar-refractivity contribution is -0.155. The second kappa shape index (κ2) is 8.91. The fourth-order valence-corrected chi connectivity index (χ4v) is 3.41. The van der Waals surface area contributed by atoms with E-state index < -0.39 is 12.1 Å². The van der Waals surface area contributed by atoms with Gasteiger partial charge in [-0.05, 0) is 67.0 Å². The van der Waals surface area contributed by atoms with Crippen LogP contribution in [0.1, 0.15) is 49.8 Å². The first-order valence-corrected chi connectivity index (χ1v) is 9.78. The SMILES string of the molecule is CC(C)c1ccccc1NC(=O)[C@@H](C)OC(=O)COc1ccc2c(c1)CCC2. The summed E-state index contributed by atoms with van der Waals surface area (Å²) in [6.07, 6.45) is 2.40. The molecule has 1 amide bonds. The van der Waals surface area contributed by atoms with E-state index in [0.29, 0.717) is 5.75 Å². The van der Waals surface area contributed by atoms with Crippen molar-refractivity contribution in [2.75, 3.05) is 11.9 Å². The van der Waals surface area contributed by atoms with Gasteiger partial charge in [-0.1, -0.05) is 38.1 Å². The molecule has 0 aromatic heterocycles. The monoisotopic (exact) mass is 381 g/mol. The molecule has 0 spiro atoms. The minimum atomic E-state index is -0.906. The maximum Gasteiger partial charge on any atom is 0.344 e. The third-order valence-corrected chi connectivity index (χ3v) is 4.94. The molecule has 0 saturated carbocycles. The van der Waals surface area contributed by atoms with E-state index in [1.807, 2.05) is 42.5 Å². The number of rotatable bonds is 7. The van der Waals surface area contributed by atoms with Crippen molar-refractivity contribution in [3.8, 4) is 5.75 Å². The van der Waals surface area contributed by atoms with Gasteiger partial charge in [-0.25, -0.2) is 4.79 Å². The third-order valence-electron chi connectivity index (χ3n) is 4.94. The summed E-state index contributed by atoms with van der Waals surface area (Å²) in [4.78, 5) is 24.5. The Morgan fingerprint density at radius 1 is 1.04 bits per heavy atom. The van der Waals surface area contributed by atoms with E-state index >= 15 is 0 Å². The molecule has 0 fully saturated rings. The average molecular weight is 381 g/mol. The van der Waals surface area contributed by atoms with Gasteiger partial charge in [0.15, 0.2) is 12.7 Å². The minimum Gasteiger partial charge on any atom is -0.482 e. The van der Waals surface area contributed by atoms with Crippen molar-refractivity contribution in [1.29, 1.82) is 0 Å². The summed E-state index contributed by atoms with van der Waals surface area (Å²) in [7, 11) is 0. The Bertz CT molecular complexity index is 859. The van der Waals surface area contributed by atoms with Crippen LogP contribution in [0.2, 0.25) is 0 Å². The summed E-state index contributed by atoms with van der Waals surface area (Å²) >= 11 is 0. The number of benzene rings is 2. The molecule has 1 aliphatic carbocycles. The highest BCUT2D eigenvalue weighted by atomic mass is 16.6. The molecule has 1 aliphatic rings. The van der Waals surface area contributed by atoms with Crippen molar-refractivity contribution >= 4 is 17.6 Å². The predicted molar refractivity (Wildman–Crippen MR) is 109 cm³/mol. The molecule has 0 radical (unpaired) electrons. The van der Waals surface area contributed by atoms with Gasteiger partial charge in [0.2, 0.25) is 0 Å². The topological polar surface area (TPSA) is 64.6 Å². The molecule has 1 N–H and O–H groups in total. The summed E-state index contributed by atoms with van der Waals surface area (Å²) in [6.45, 7) is 5.45. The summed E-state index contributed by atoms with van der Waals surface area (Å²) in [5.74, 6) is -0.00471. The first kappa shape index (κ1) is 19.9. The summed E-state index contributed by atoms with van der Waals surface area (Å²) in [6, 6.07) is 13.5. The molecule has 148 valence electrons. The quantitative estimate of drug-likeness (QED) is 0.728. The van der Waals surface area contributed by atoms with E-state index in [0.717, 1.165) is 30.5 Å². The van der Waals surface area contributed by atoms with Crippen molar-refractivity contribution in [3.63, 3.8) is 0 Å². The number of para-hydroxylation sites is 1. The molecule has 0 aliphatic heterocycles. The van der Waals surface area contributed by atoms with Crippen LogP contribution in [-0.2, 0) is 27.2 Å². The predicted octanol–water partition coefficient (Wildman–Crippen LogP) is 4.25. The zero-order chi connectivity index (χ0) is 20.1. The van der Waals surface area contributed by atoms with Gasteiger partial charge in [0.05, 0.1) is 0 Å². The van der Waals surface area contributed by atoms with Crippen LogP contribution in [0.4, 0.5) is 5.69 Å². The average Bonchev–Trinajstić information content (AvgIpc) is 3.14. The second-order valence-electron chi connectivity index (χ2n) is 7.44. The summed E-state index contributed by atoms with van der Waals surface area (Å²) in [5.41, 5.74) is 4.40. The highest BCUT2D eigenvalue weighted by Gasteiger charge is 2.20. The van der Waals surface area contributed by atoms with Crippen LogP contribution in [0, 0.1) is 0 Å². The van der Waals surface area contributed by atoms with E-state index in [1.165, 1.54) is 11.1 Å². The van der Waals surface area contributed by atoms with E-state index in [4.69, 9.17) is 9.47 Å². The first-order chi connectivity index (χ1) is 13.4. The van der Waals surface area contributed by atoms with Gasteiger partial charge in [-0.2, -0.15) is 0 Å². The van der Waals surface area contributed by atoms with Crippen LogP contribution in [0.25, 0.3) is 0 Å². The lowest BCUT2D eigenvalue weighted by Crippen LogP contribution is -2.32. The zero-order valence-electron chi connectivity index (χ0n) is 16.7. The van der Waals surface area contributed by atoms with Gasteiger partial charge >= 0.3 is 5.97 Å². The number of hydrogen-bond donors (Lipinski definition) is 1. The number of nitrogens with one attached hydrogen (secondary N) is 1. The molecule has 5 nitrogen and oxygen atoms in total. The molecule has 0 saturated heterocycles. The van der Waals surface area contributed by atoms with Crippen molar-refractivity contribution in [2.24, 2.45) is 0 Å². The van der Waals surface area contributed by atoms with E-state index in [2.05, 4.69) is 19.2 Å². The molecule has 2 aromatic carbocycles. The second-order valence-corrected chi connectivity index (χ2v) is 7.44. The van der Waals surface area contributed by atoms with Crippen molar-refractivity contribution in [3.05, 3.63) is 59.2 Å². The van der Waals surface area contributed by atoms with Crippen molar-refractivity contribution < 1.29 is 19.1 Å². The Morgan fingerprint density at radius 3 is 2.57 bits per heavy atom. The molecular weight excluding hydrogens is 354 g/mol. The minimum absolute atomic E-state index is 0.223. The van der Waals surface area contributed by atoms with Crippen LogP contribution in [-0.4, -0.2) is 24.6 Å². The molecule has 0 bridgehead atoms. The summed E-state index contributed by atoms with van der Waals surface area (Å²) in [5, 5.41) is 2.84. The fourth-order valence-electron chi connectivity index (χ4n) is 3.41. The fraction of sp³-hybridized carbons (Fsp3) is 0.391. The molecule has 2 aromatic rings. The van der Waals surface area contributed by atoms with E-state index in [9.17, 15) is 9.59 Å².